The first-order chi connectivity index (χ1) is 8.08. The summed E-state index contributed by atoms with van der Waals surface area (Å²) in [5.74, 6) is 0.210. The fourth-order valence-electron chi connectivity index (χ4n) is 2.26. The van der Waals surface area contributed by atoms with Crippen LogP contribution in [0.25, 0.3) is 0 Å². The van der Waals surface area contributed by atoms with E-state index in [2.05, 4.69) is 18.9 Å². The van der Waals surface area contributed by atoms with E-state index < -0.39 is 0 Å². The SMILES string of the molecule is Cc1cc(C(=O)N2CCCN(C)CC2)c(C)s1. The minimum atomic E-state index is 0.210. The highest BCUT2D eigenvalue weighted by Crippen LogP contribution is 2.22. The summed E-state index contributed by atoms with van der Waals surface area (Å²) in [4.78, 5) is 19.1. The Bertz CT molecular complexity index is 414. The van der Waals surface area contributed by atoms with Gasteiger partial charge in [0, 0.05) is 29.4 Å². The standard InChI is InChI=1S/C13H20N2OS/c1-10-9-12(11(2)17-10)13(16)15-6-4-5-14(3)7-8-15/h9H,4-8H2,1-3H3. The highest BCUT2D eigenvalue weighted by atomic mass is 32.1. The Balaban J connectivity index is 2.11. The first-order valence-electron chi connectivity index (χ1n) is 6.13. The molecule has 1 aromatic heterocycles. The number of aryl methyl sites for hydroxylation is 2. The van der Waals surface area contributed by atoms with Crippen molar-refractivity contribution in [3.05, 3.63) is 21.4 Å². The van der Waals surface area contributed by atoms with Crippen molar-refractivity contribution in [1.82, 2.24) is 9.80 Å². The van der Waals surface area contributed by atoms with Gasteiger partial charge in [-0.1, -0.05) is 0 Å². The van der Waals surface area contributed by atoms with Gasteiger partial charge in [-0.25, -0.2) is 0 Å². The Morgan fingerprint density at radius 1 is 1.24 bits per heavy atom. The van der Waals surface area contributed by atoms with Crippen molar-refractivity contribution >= 4 is 17.2 Å². The Labute approximate surface area is 107 Å². The number of amides is 1. The molecule has 94 valence electrons. The van der Waals surface area contributed by atoms with E-state index in [1.807, 2.05) is 17.9 Å². The van der Waals surface area contributed by atoms with Crippen LogP contribution in [0.4, 0.5) is 0 Å². The van der Waals surface area contributed by atoms with Crippen LogP contribution in [0.1, 0.15) is 26.5 Å². The summed E-state index contributed by atoms with van der Waals surface area (Å²) in [5, 5.41) is 0. The smallest absolute Gasteiger partial charge is 0.255 e. The molecule has 3 nitrogen and oxygen atoms in total. The average Bonchev–Trinajstić information content (AvgIpc) is 2.49. The number of likely N-dealkylation sites (N-methyl/N-ethyl adjacent to an activating group) is 1. The molecule has 0 aromatic carbocycles. The third kappa shape index (κ3) is 2.87. The molecule has 1 aliphatic rings. The summed E-state index contributed by atoms with van der Waals surface area (Å²) >= 11 is 1.71. The summed E-state index contributed by atoms with van der Waals surface area (Å²) in [6.07, 6.45) is 1.07. The average molecular weight is 252 g/mol. The number of hydrogen-bond donors (Lipinski definition) is 0. The summed E-state index contributed by atoms with van der Waals surface area (Å²) in [6, 6.07) is 2.02. The number of hydrogen-bond acceptors (Lipinski definition) is 3. The number of carbonyl (C=O) groups is 1. The van der Waals surface area contributed by atoms with E-state index >= 15 is 0 Å². The number of rotatable bonds is 1. The fraction of sp³-hybridized carbons (Fsp3) is 0.615. The maximum Gasteiger partial charge on any atom is 0.255 e. The highest BCUT2D eigenvalue weighted by molar-refractivity contribution is 7.12. The fourth-order valence-corrected chi connectivity index (χ4v) is 3.18. The van der Waals surface area contributed by atoms with E-state index in [1.54, 1.807) is 11.3 Å². The minimum absolute atomic E-state index is 0.210. The lowest BCUT2D eigenvalue weighted by Crippen LogP contribution is -2.34. The molecule has 1 saturated heterocycles. The second-order valence-corrected chi connectivity index (χ2v) is 6.24. The lowest BCUT2D eigenvalue weighted by Gasteiger charge is -2.20. The van der Waals surface area contributed by atoms with Gasteiger partial charge in [0.2, 0.25) is 0 Å². The summed E-state index contributed by atoms with van der Waals surface area (Å²) in [7, 11) is 2.12. The van der Waals surface area contributed by atoms with Gasteiger partial charge < -0.3 is 9.80 Å². The number of thiophene rings is 1. The minimum Gasteiger partial charge on any atom is -0.337 e. The van der Waals surface area contributed by atoms with Gasteiger partial charge in [0.25, 0.3) is 5.91 Å². The van der Waals surface area contributed by atoms with Crippen molar-refractivity contribution < 1.29 is 4.79 Å². The number of carbonyl (C=O) groups excluding carboxylic acids is 1. The molecule has 2 heterocycles. The van der Waals surface area contributed by atoms with E-state index in [0.717, 1.165) is 43.0 Å². The molecule has 1 aliphatic heterocycles. The Morgan fingerprint density at radius 3 is 2.65 bits per heavy atom. The van der Waals surface area contributed by atoms with Crippen LogP contribution in [0.15, 0.2) is 6.07 Å². The molecular formula is C13H20N2OS. The third-order valence-electron chi connectivity index (χ3n) is 3.28. The predicted molar refractivity (Wildman–Crippen MR) is 71.8 cm³/mol. The largest absolute Gasteiger partial charge is 0.337 e. The number of nitrogens with zero attached hydrogens (tertiary/aromatic N) is 2. The first kappa shape index (κ1) is 12.6. The molecule has 1 amide bonds. The van der Waals surface area contributed by atoms with Gasteiger partial charge in [-0.15, -0.1) is 11.3 Å². The molecular weight excluding hydrogens is 232 g/mol. The summed E-state index contributed by atoms with van der Waals surface area (Å²) in [6.45, 7) is 7.90. The van der Waals surface area contributed by atoms with Crippen molar-refractivity contribution in [2.24, 2.45) is 0 Å². The molecule has 0 saturated carbocycles. The van der Waals surface area contributed by atoms with Gasteiger partial charge >= 0.3 is 0 Å². The van der Waals surface area contributed by atoms with Crippen LogP contribution in [0.3, 0.4) is 0 Å². The van der Waals surface area contributed by atoms with Crippen LogP contribution >= 0.6 is 11.3 Å². The highest BCUT2D eigenvalue weighted by Gasteiger charge is 2.21. The molecule has 0 spiro atoms. The van der Waals surface area contributed by atoms with Gasteiger partial charge in [0.05, 0.1) is 5.56 Å². The predicted octanol–water partition coefficient (Wildman–Crippen LogP) is 2.14. The third-order valence-corrected chi connectivity index (χ3v) is 4.24. The van der Waals surface area contributed by atoms with Crippen LogP contribution in [0.5, 0.6) is 0 Å². The zero-order valence-corrected chi connectivity index (χ0v) is 11.6. The normalized spacial score (nSPS) is 18.2. The van der Waals surface area contributed by atoms with Crippen molar-refractivity contribution in [3.63, 3.8) is 0 Å². The maximum absolute atomic E-state index is 12.4. The second-order valence-electron chi connectivity index (χ2n) is 4.78. The van der Waals surface area contributed by atoms with E-state index in [-0.39, 0.29) is 5.91 Å². The van der Waals surface area contributed by atoms with Gasteiger partial charge in [-0.05, 0) is 39.9 Å². The summed E-state index contributed by atoms with van der Waals surface area (Å²) in [5.41, 5.74) is 0.900. The lowest BCUT2D eigenvalue weighted by molar-refractivity contribution is 0.0762. The molecule has 0 aliphatic carbocycles. The molecule has 4 heteroatoms. The van der Waals surface area contributed by atoms with E-state index in [0.29, 0.717) is 0 Å². The lowest BCUT2D eigenvalue weighted by atomic mass is 10.2. The molecule has 0 bridgehead atoms. The quantitative estimate of drug-likeness (QED) is 0.764. The topological polar surface area (TPSA) is 23.6 Å². The molecule has 1 aromatic rings. The van der Waals surface area contributed by atoms with Crippen molar-refractivity contribution in [2.75, 3.05) is 33.2 Å². The van der Waals surface area contributed by atoms with Crippen molar-refractivity contribution in [1.29, 1.82) is 0 Å². The van der Waals surface area contributed by atoms with Gasteiger partial charge in [0.1, 0.15) is 0 Å². The van der Waals surface area contributed by atoms with E-state index in [1.165, 1.54) is 4.88 Å². The molecule has 2 rings (SSSR count). The van der Waals surface area contributed by atoms with Crippen molar-refractivity contribution in [3.8, 4) is 0 Å². The molecule has 0 unspecified atom stereocenters. The van der Waals surface area contributed by atoms with E-state index in [9.17, 15) is 4.79 Å². The Morgan fingerprint density at radius 2 is 2.00 bits per heavy atom. The molecule has 0 N–H and O–H groups in total. The van der Waals surface area contributed by atoms with Crippen LogP contribution in [0, 0.1) is 13.8 Å². The second kappa shape index (κ2) is 5.19. The van der Waals surface area contributed by atoms with Gasteiger partial charge in [0.15, 0.2) is 0 Å². The van der Waals surface area contributed by atoms with Crippen LogP contribution < -0.4 is 0 Å². The zero-order valence-electron chi connectivity index (χ0n) is 10.8. The summed E-state index contributed by atoms with van der Waals surface area (Å²) < 4.78 is 0. The Hall–Kier alpha value is -0.870. The van der Waals surface area contributed by atoms with Gasteiger partial charge in [-0.2, -0.15) is 0 Å². The van der Waals surface area contributed by atoms with Crippen LogP contribution in [0.2, 0.25) is 0 Å². The van der Waals surface area contributed by atoms with Crippen molar-refractivity contribution in [2.45, 2.75) is 20.3 Å². The van der Waals surface area contributed by atoms with Crippen LogP contribution in [-0.4, -0.2) is 48.9 Å². The first-order valence-corrected chi connectivity index (χ1v) is 6.94. The molecule has 1 fully saturated rings. The van der Waals surface area contributed by atoms with Crippen LogP contribution in [-0.2, 0) is 0 Å². The Kier molecular flexibility index (Phi) is 3.84. The van der Waals surface area contributed by atoms with Gasteiger partial charge in [-0.3, -0.25) is 4.79 Å². The van der Waals surface area contributed by atoms with E-state index in [4.69, 9.17) is 0 Å². The molecule has 0 radical (unpaired) electrons. The monoisotopic (exact) mass is 252 g/mol. The maximum atomic E-state index is 12.4. The molecule has 17 heavy (non-hydrogen) atoms. The molecule has 0 atom stereocenters. The zero-order chi connectivity index (χ0) is 12.4.